The summed E-state index contributed by atoms with van der Waals surface area (Å²) in [4.78, 5) is 38.3. The molecule has 0 radical (unpaired) electrons. The molecule has 1 saturated heterocycles. The topological polar surface area (TPSA) is 103 Å². The molecule has 3 heterocycles. The van der Waals surface area contributed by atoms with Crippen LogP contribution < -0.4 is 20.9 Å². The molecule has 0 saturated carbocycles. The molecule has 4 aromatic rings. The molecule has 4 aromatic carbocycles. The van der Waals surface area contributed by atoms with E-state index in [0.29, 0.717) is 11.3 Å². The number of urea groups is 1. The Labute approximate surface area is 241 Å². The number of nitrogens with zero attached hydrogens (tertiary/aromatic N) is 2. The summed E-state index contributed by atoms with van der Waals surface area (Å²) in [5, 5.41) is 7.71. The Bertz CT molecular complexity index is 1700. The fourth-order valence-corrected chi connectivity index (χ4v) is 7.11. The van der Waals surface area contributed by atoms with E-state index in [4.69, 9.17) is 4.74 Å². The number of thioether (sulfide) groups is 1. The zero-order valence-electron chi connectivity index (χ0n) is 20.9. The van der Waals surface area contributed by atoms with Gasteiger partial charge in [-0.25, -0.2) is 15.2 Å². The first-order chi connectivity index (χ1) is 19.5. The van der Waals surface area contributed by atoms with Gasteiger partial charge in [-0.3, -0.25) is 15.0 Å². The molecule has 200 valence electrons. The van der Waals surface area contributed by atoms with Gasteiger partial charge in [0.05, 0.1) is 11.8 Å². The summed E-state index contributed by atoms with van der Waals surface area (Å²) in [6.07, 6.45) is 0. The summed E-state index contributed by atoms with van der Waals surface area (Å²) in [5.41, 5.74) is 8.67. The van der Waals surface area contributed by atoms with E-state index in [1.54, 1.807) is 23.2 Å². The van der Waals surface area contributed by atoms with E-state index < -0.39 is 10.9 Å². The lowest BCUT2D eigenvalue weighted by molar-refractivity contribution is -0.139. The molecule has 9 nitrogen and oxygen atoms in total. The average Bonchev–Trinajstić information content (AvgIpc) is 3.45. The molecular weight excluding hydrogens is 594 g/mol. The number of amides is 4. The SMILES string of the molecule is O=C(NN1COc2ccc3ccccc3c2C1c1ccc(Br)cc1)NN1C(=O)CSC12C(=O)Nc1ccccc12. The van der Waals surface area contributed by atoms with Crippen LogP contribution in [0.5, 0.6) is 5.75 Å². The highest BCUT2D eigenvalue weighted by atomic mass is 79.9. The van der Waals surface area contributed by atoms with Crippen LogP contribution in [0.15, 0.2) is 89.4 Å². The van der Waals surface area contributed by atoms with Crippen LogP contribution in [0.1, 0.15) is 22.7 Å². The number of anilines is 1. The number of hydrazine groups is 2. The molecule has 4 amide bonds. The molecule has 11 heteroatoms. The van der Waals surface area contributed by atoms with Gasteiger partial charge in [-0.15, -0.1) is 11.8 Å². The molecule has 1 fully saturated rings. The van der Waals surface area contributed by atoms with Crippen molar-refractivity contribution in [3.8, 4) is 5.75 Å². The standard InChI is InChI=1S/C29H22BrN5O4S/c30-19-12-9-18(10-13-19)26-25-20-6-2-1-5-17(20)11-14-23(25)39-16-34(26)32-28(38)33-35-24(36)15-40-29(35)21-7-3-4-8-22(21)31-27(29)37/h1-14,26H,15-16H2,(H,31,37)(H2,32,33,38). The summed E-state index contributed by atoms with van der Waals surface area (Å²) >= 11 is 4.68. The number of hydrogen-bond acceptors (Lipinski definition) is 6. The van der Waals surface area contributed by atoms with Crippen molar-refractivity contribution >= 4 is 62.0 Å². The summed E-state index contributed by atoms with van der Waals surface area (Å²) in [7, 11) is 0. The predicted molar refractivity (Wildman–Crippen MR) is 155 cm³/mol. The molecule has 40 heavy (non-hydrogen) atoms. The number of carbonyl (C=O) groups excluding carboxylic acids is 3. The summed E-state index contributed by atoms with van der Waals surface area (Å²) in [6, 6.07) is 26.0. The van der Waals surface area contributed by atoms with Crippen molar-refractivity contribution in [2.45, 2.75) is 10.9 Å². The molecule has 7 rings (SSSR count). The van der Waals surface area contributed by atoms with Gasteiger partial charge in [-0.1, -0.05) is 76.6 Å². The quantitative estimate of drug-likeness (QED) is 0.304. The molecule has 3 aliphatic heterocycles. The Kier molecular flexibility index (Phi) is 5.95. The summed E-state index contributed by atoms with van der Waals surface area (Å²) in [5.74, 6) is 0.0341. The molecule has 1 spiro atoms. The average molecular weight is 616 g/mol. The van der Waals surface area contributed by atoms with Gasteiger partial charge in [0.15, 0.2) is 6.73 Å². The molecule has 3 aliphatic rings. The van der Waals surface area contributed by atoms with Crippen molar-refractivity contribution < 1.29 is 19.1 Å². The molecule has 2 atom stereocenters. The van der Waals surface area contributed by atoms with Crippen molar-refractivity contribution in [1.29, 1.82) is 0 Å². The van der Waals surface area contributed by atoms with Gasteiger partial charge >= 0.3 is 6.03 Å². The third-order valence-electron chi connectivity index (χ3n) is 7.34. The van der Waals surface area contributed by atoms with Crippen LogP contribution in [-0.4, -0.2) is 40.3 Å². The predicted octanol–water partition coefficient (Wildman–Crippen LogP) is 4.85. The van der Waals surface area contributed by atoms with Crippen molar-refractivity contribution in [2.24, 2.45) is 0 Å². The first kappa shape index (κ1) is 24.9. The number of para-hydroxylation sites is 1. The molecule has 0 bridgehead atoms. The fraction of sp³-hybridized carbons (Fsp3) is 0.138. The van der Waals surface area contributed by atoms with E-state index in [1.807, 2.05) is 66.7 Å². The Hall–Kier alpha value is -4.06. The maximum absolute atomic E-state index is 13.5. The maximum Gasteiger partial charge on any atom is 0.348 e. The smallest absolute Gasteiger partial charge is 0.348 e. The van der Waals surface area contributed by atoms with Crippen LogP contribution in [0.4, 0.5) is 10.5 Å². The lowest BCUT2D eigenvalue weighted by Gasteiger charge is -2.39. The van der Waals surface area contributed by atoms with Gasteiger partial charge in [0.25, 0.3) is 11.8 Å². The van der Waals surface area contributed by atoms with Gasteiger partial charge in [-0.05, 0) is 40.6 Å². The van der Waals surface area contributed by atoms with Gasteiger partial charge < -0.3 is 10.1 Å². The van der Waals surface area contributed by atoms with Gasteiger partial charge in [0.2, 0.25) is 4.87 Å². The molecule has 0 aliphatic carbocycles. The van der Waals surface area contributed by atoms with Gasteiger partial charge in [0.1, 0.15) is 5.75 Å². The van der Waals surface area contributed by atoms with Crippen molar-refractivity contribution in [2.75, 3.05) is 17.8 Å². The minimum absolute atomic E-state index is 0.0513. The second-order valence-electron chi connectivity index (χ2n) is 9.61. The van der Waals surface area contributed by atoms with Crippen molar-refractivity contribution in [3.63, 3.8) is 0 Å². The normalized spacial score (nSPS) is 21.6. The minimum Gasteiger partial charge on any atom is -0.476 e. The Morgan fingerprint density at radius 3 is 2.60 bits per heavy atom. The second-order valence-corrected chi connectivity index (χ2v) is 11.7. The first-order valence-corrected chi connectivity index (χ1v) is 14.4. The minimum atomic E-state index is -1.38. The van der Waals surface area contributed by atoms with Gasteiger partial charge in [-0.2, -0.15) is 5.01 Å². The summed E-state index contributed by atoms with van der Waals surface area (Å²) < 4.78 is 7.03. The van der Waals surface area contributed by atoms with E-state index in [1.165, 1.54) is 11.8 Å². The fourth-order valence-electron chi connectivity index (χ4n) is 5.59. The summed E-state index contributed by atoms with van der Waals surface area (Å²) in [6.45, 7) is 0.0661. The highest BCUT2D eigenvalue weighted by Crippen LogP contribution is 2.51. The number of fused-ring (bicyclic) bond motifs is 5. The van der Waals surface area contributed by atoms with Crippen LogP contribution in [-0.2, 0) is 14.5 Å². The highest BCUT2D eigenvalue weighted by molar-refractivity contribution is 9.10. The number of hydrogen-bond donors (Lipinski definition) is 3. The molecule has 2 unspecified atom stereocenters. The van der Waals surface area contributed by atoms with Gasteiger partial charge in [0, 0.05) is 21.3 Å². The zero-order valence-corrected chi connectivity index (χ0v) is 23.3. The number of halogens is 1. The number of nitrogens with one attached hydrogen (secondary N) is 3. The lowest BCUT2D eigenvalue weighted by atomic mass is 9.91. The van der Waals surface area contributed by atoms with Crippen LogP contribution in [0.3, 0.4) is 0 Å². The molecule has 0 aromatic heterocycles. The Morgan fingerprint density at radius 2 is 1.75 bits per heavy atom. The highest BCUT2D eigenvalue weighted by Gasteiger charge is 2.59. The first-order valence-electron chi connectivity index (χ1n) is 12.6. The van der Waals surface area contributed by atoms with Crippen LogP contribution in [0, 0.1) is 0 Å². The van der Waals surface area contributed by atoms with Crippen molar-refractivity contribution in [3.05, 3.63) is 106 Å². The third-order valence-corrected chi connectivity index (χ3v) is 9.26. The van der Waals surface area contributed by atoms with E-state index in [2.05, 4.69) is 32.1 Å². The zero-order chi connectivity index (χ0) is 27.4. The lowest BCUT2D eigenvalue weighted by Crippen LogP contribution is -2.60. The third kappa shape index (κ3) is 3.84. The van der Waals surface area contributed by atoms with Crippen molar-refractivity contribution in [1.82, 2.24) is 20.9 Å². The Morgan fingerprint density at radius 1 is 0.975 bits per heavy atom. The Balaban J connectivity index is 1.23. The van der Waals surface area contributed by atoms with Crippen LogP contribution >= 0.6 is 27.7 Å². The van der Waals surface area contributed by atoms with E-state index >= 15 is 0 Å². The molecule has 3 N–H and O–H groups in total. The van der Waals surface area contributed by atoms with E-state index in [-0.39, 0.29) is 30.3 Å². The van der Waals surface area contributed by atoms with E-state index in [9.17, 15) is 14.4 Å². The number of benzene rings is 4. The van der Waals surface area contributed by atoms with Crippen LogP contribution in [0.25, 0.3) is 10.8 Å². The number of carbonyl (C=O) groups is 3. The number of ether oxygens (including phenoxy) is 1. The maximum atomic E-state index is 13.5. The number of rotatable bonds is 3. The second kappa shape index (κ2) is 9.54. The molecular formula is C29H22BrN5O4S. The van der Waals surface area contributed by atoms with Crippen LogP contribution in [0.2, 0.25) is 0 Å². The monoisotopic (exact) mass is 615 g/mol. The van der Waals surface area contributed by atoms with E-state index in [0.717, 1.165) is 37.1 Å². The largest absolute Gasteiger partial charge is 0.476 e.